The van der Waals surface area contributed by atoms with Crippen molar-refractivity contribution < 1.29 is 4.74 Å². The number of halogens is 2. The van der Waals surface area contributed by atoms with E-state index in [2.05, 4.69) is 50.2 Å². The molecule has 0 radical (unpaired) electrons. The predicted octanol–water partition coefficient (Wildman–Crippen LogP) is 5.28. The Morgan fingerprint density at radius 3 is 2.47 bits per heavy atom. The van der Waals surface area contributed by atoms with Crippen LogP contribution in [0.1, 0.15) is 18.5 Å². The minimum Gasteiger partial charge on any atom is -0.456 e. The average Bonchev–Trinajstić information content (AvgIpc) is 2.41. The second-order valence-corrected chi connectivity index (χ2v) is 6.00. The van der Waals surface area contributed by atoms with E-state index < -0.39 is 0 Å². The Balaban J connectivity index is 2.33. The van der Waals surface area contributed by atoms with Crippen molar-refractivity contribution in [1.29, 1.82) is 0 Å². The zero-order valence-electron chi connectivity index (χ0n) is 10.8. The van der Waals surface area contributed by atoms with E-state index in [0.717, 1.165) is 26.0 Å². The summed E-state index contributed by atoms with van der Waals surface area (Å²) in [4.78, 5) is 0. The van der Waals surface area contributed by atoms with Gasteiger partial charge in [-0.15, -0.1) is 0 Å². The van der Waals surface area contributed by atoms with Gasteiger partial charge in [0.05, 0.1) is 4.47 Å². The second-order valence-electron chi connectivity index (χ2n) is 4.22. The standard InChI is InChI=1S/C15H15Br2NO/c1-10(18-2)12-5-3-4-6-14(12)19-15-8-7-11(16)9-13(15)17/h3-10,18H,1-2H3. The zero-order chi connectivity index (χ0) is 13.8. The van der Waals surface area contributed by atoms with Gasteiger partial charge in [0.25, 0.3) is 0 Å². The van der Waals surface area contributed by atoms with Crippen LogP contribution in [0, 0.1) is 0 Å². The van der Waals surface area contributed by atoms with Crippen molar-refractivity contribution in [2.45, 2.75) is 13.0 Å². The summed E-state index contributed by atoms with van der Waals surface area (Å²) < 4.78 is 7.95. The maximum atomic E-state index is 6.01. The second kappa shape index (κ2) is 6.55. The summed E-state index contributed by atoms with van der Waals surface area (Å²) in [5.41, 5.74) is 1.14. The van der Waals surface area contributed by atoms with Gasteiger partial charge in [-0.3, -0.25) is 0 Å². The molecule has 1 atom stereocenters. The van der Waals surface area contributed by atoms with Crippen LogP contribution in [0.5, 0.6) is 11.5 Å². The molecular weight excluding hydrogens is 370 g/mol. The van der Waals surface area contributed by atoms with Gasteiger partial charge >= 0.3 is 0 Å². The number of benzene rings is 2. The molecule has 0 aliphatic heterocycles. The third kappa shape index (κ3) is 3.59. The van der Waals surface area contributed by atoms with E-state index in [-0.39, 0.29) is 6.04 Å². The molecular formula is C15H15Br2NO. The summed E-state index contributed by atoms with van der Waals surface area (Å²) in [6.07, 6.45) is 0. The molecule has 0 bridgehead atoms. The lowest BCUT2D eigenvalue weighted by Gasteiger charge is -2.16. The summed E-state index contributed by atoms with van der Waals surface area (Å²) in [5, 5.41) is 3.23. The van der Waals surface area contributed by atoms with Crippen molar-refractivity contribution in [3.63, 3.8) is 0 Å². The molecule has 19 heavy (non-hydrogen) atoms. The Hall–Kier alpha value is -0.840. The predicted molar refractivity (Wildman–Crippen MR) is 85.8 cm³/mol. The summed E-state index contributed by atoms with van der Waals surface area (Å²) >= 11 is 6.95. The third-order valence-corrected chi connectivity index (χ3v) is 4.05. The Morgan fingerprint density at radius 2 is 1.79 bits per heavy atom. The Bertz CT molecular complexity index is 572. The van der Waals surface area contributed by atoms with Gasteiger partial charge in [-0.25, -0.2) is 0 Å². The fraction of sp³-hybridized carbons (Fsp3) is 0.200. The lowest BCUT2D eigenvalue weighted by Crippen LogP contribution is -2.13. The molecule has 2 nitrogen and oxygen atoms in total. The smallest absolute Gasteiger partial charge is 0.141 e. The molecule has 1 N–H and O–H groups in total. The van der Waals surface area contributed by atoms with Gasteiger partial charge in [0.1, 0.15) is 11.5 Å². The molecule has 1 unspecified atom stereocenters. The van der Waals surface area contributed by atoms with Gasteiger partial charge in [-0.1, -0.05) is 34.1 Å². The highest BCUT2D eigenvalue weighted by atomic mass is 79.9. The zero-order valence-corrected chi connectivity index (χ0v) is 14.0. The topological polar surface area (TPSA) is 21.3 Å². The van der Waals surface area contributed by atoms with Crippen LogP contribution in [0.4, 0.5) is 0 Å². The molecule has 4 heteroatoms. The van der Waals surface area contributed by atoms with Crippen LogP contribution in [0.3, 0.4) is 0 Å². The summed E-state index contributed by atoms with van der Waals surface area (Å²) in [6, 6.07) is 14.2. The van der Waals surface area contributed by atoms with Crippen LogP contribution in [-0.4, -0.2) is 7.05 Å². The van der Waals surface area contributed by atoms with Crippen molar-refractivity contribution in [2.24, 2.45) is 0 Å². The molecule has 0 saturated heterocycles. The van der Waals surface area contributed by atoms with E-state index >= 15 is 0 Å². The Morgan fingerprint density at radius 1 is 1.05 bits per heavy atom. The van der Waals surface area contributed by atoms with Crippen LogP contribution < -0.4 is 10.1 Å². The maximum Gasteiger partial charge on any atom is 0.141 e. The van der Waals surface area contributed by atoms with Gasteiger partial charge < -0.3 is 10.1 Å². The highest BCUT2D eigenvalue weighted by Gasteiger charge is 2.11. The number of para-hydroxylation sites is 1. The fourth-order valence-corrected chi connectivity index (χ4v) is 2.89. The van der Waals surface area contributed by atoms with E-state index in [1.807, 2.05) is 43.4 Å². The minimum atomic E-state index is 0.241. The molecule has 0 fully saturated rings. The van der Waals surface area contributed by atoms with Crippen molar-refractivity contribution in [3.8, 4) is 11.5 Å². The first-order valence-electron chi connectivity index (χ1n) is 6.01. The van der Waals surface area contributed by atoms with Crippen LogP contribution in [0.2, 0.25) is 0 Å². The first-order chi connectivity index (χ1) is 9.11. The summed E-state index contributed by atoms with van der Waals surface area (Å²) in [6.45, 7) is 2.11. The third-order valence-electron chi connectivity index (χ3n) is 2.93. The highest BCUT2D eigenvalue weighted by molar-refractivity contribution is 9.11. The summed E-state index contributed by atoms with van der Waals surface area (Å²) in [7, 11) is 1.94. The molecule has 0 aliphatic rings. The minimum absolute atomic E-state index is 0.241. The van der Waals surface area contributed by atoms with E-state index in [0.29, 0.717) is 0 Å². The first kappa shape index (κ1) is 14.6. The van der Waals surface area contributed by atoms with Gasteiger partial charge in [0.2, 0.25) is 0 Å². The van der Waals surface area contributed by atoms with Crippen LogP contribution >= 0.6 is 31.9 Å². The molecule has 0 saturated carbocycles. The number of ether oxygens (including phenoxy) is 1. The van der Waals surface area contributed by atoms with Gasteiger partial charge in [0, 0.05) is 16.1 Å². The monoisotopic (exact) mass is 383 g/mol. The van der Waals surface area contributed by atoms with Gasteiger partial charge in [0.15, 0.2) is 0 Å². The van der Waals surface area contributed by atoms with Crippen LogP contribution in [0.15, 0.2) is 51.4 Å². The largest absolute Gasteiger partial charge is 0.456 e. The van der Waals surface area contributed by atoms with Crippen LogP contribution in [-0.2, 0) is 0 Å². The molecule has 2 aromatic carbocycles. The number of nitrogens with one attached hydrogen (secondary N) is 1. The lowest BCUT2D eigenvalue weighted by molar-refractivity contribution is 0.463. The molecule has 2 rings (SSSR count). The quantitative estimate of drug-likeness (QED) is 0.773. The molecule has 0 aromatic heterocycles. The molecule has 2 aromatic rings. The molecule has 0 aliphatic carbocycles. The van der Waals surface area contributed by atoms with E-state index in [4.69, 9.17) is 4.74 Å². The number of rotatable bonds is 4. The number of hydrogen-bond acceptors (Lipinski definition) is 2. The van der Waals surface area contributed by atoms with Gasteiger partial charge in [-0.2, -0.15) is 0 Å². The molecule has 0 heterocycles. The van der Waals surface area contributed by atoms with E-state index in [1.54, 1.807) is 0 Å². The molecule has 0 spiro atoms. The Labute approximate surface area is 130 Å². The van der Waals surface area contributed by atoms with Crippen molar-refractivity contribution in [1.82, 2.24) is 5.32 Å². The Kier molecular flexibility index (Phi) is 5.02. The lowest BCUT2D eigenvalue weighted by atomic mass is 10.1. The SMILES string of the molecule is CNC(C)c1ccccc1Oc1ccc(Br)cc1Br. The highest BCUT2D eigenvalue weighted by Crippen LogP contribution is 2.34. The average molecular weight is 385 g/mol. The summed E-state index contributed by atoms with van der Waals surface area (Å²) in [5.74, 6) is 1.67. The normalized spacial score (nSPS) is 12.2. The number of hydrogen-bond donors (Lipinski definition) is 1. The van der Waals surface area contributed by atoms with E-state index in [9.17, 15) is 0 Å². The van der Waals surface area contributed by atoms with Crippen molar-refractivity contribution in [2.75, 3.05) is 7.05 Å². The van der Waals surface area contributed by atoms with Crippen molar-refractivity contribution in [3.05, 3.63) is 57.0 Å². The maximum absolute atomic E-state index is 6.01. The van der Waals surface area contributed by atoms with E-state index in [1.165, 1.54) is 0 Å². The van der Waals surface area contributed by atoms with Crippen LogP contribution in [0.25, 0.3) is 0 Å². The van der Waals surface area contributed by atoms with Gasteiger partial charge in [-0.05, 0) is 54.2 Å². The fourth-order valence-electron chi connectivity index (χ4n) is 1.76. The first-order valence-corrected chi connectivity index (χ1v) is 7.59. The molecule has 100 valence electrons. The van der Waals surface area contributed by atoms with Crippen molar-refractivity contribution >= 4 is 31.9 Å². The molecule has 0 amide bonds.